The van der Waals surface area contributed by atoms with E-state index in [1.54, 1.807) is 0 Å². The summed E-state index contributed by atoms with van der Waals surface area (Å²) in [6.07, 6.45) is 6.10. The number of nitrogens with one attached hydrogen (secondary N) is 1. The van der Waals surface area contributed by atoms with Crippen molar-refractivity contribution in [3.8, 4) is 0 Å². The fourth-order valence-electron chi connectivity index (χ4n) is 2.93. The predicted molar refractivity (Wildman–Crippen MR) is 83.8 cm³/mol. The van der Waals surface area contributed by atoms with Crippen LogP contribution in [0.2, 0.25) is 0 Å². The van der Waals surface area contributed by atoms with E-state index in [1.165, 1.54) is 30.5 Å². The summed E-state index contributed by atoms with van der Waals surface area (Å²) >= 11 is 0. The first-order valence-electron chi connectivity index (χ1n) is 7.14. The van der Waals surface area contributed by atoms with Crippen LogP contribution in [0.4, 0.5) is 0 Å². The van der Waals surface area contributed by atoms with Crippen molar-refractivity contribution in [1.29, 1.82) is 0 Å². The van der Waals surface area contributed by atoms with Gasteiger partial charge in [0.05, 0.1) is 0 Å². The maximum absolute atomic E-state index is 4.23. The van der Waals surface area contributed by atoms with Crippen LogP contribution in [-0.2, 0) is 0 Å². The normalized spacial score (nSPS) is 16.0. The van der Waals surface area contributed by atoms with Gasteiger partial charge in [0.25, 0.3) is 0 Å². The quantitative estimate of drug-likeness (QED) is 0.827. The van der Waals surface area contributed by atoms with Gasteiger partial charge in [0.2, 0.25) is 0 Å². The Kier molecular flexibility index (Phi) is 3.62. The number of hydrogen-bond donors (Lipinski definition) is 1. The van der Waals surface area contributed by atoms with Crippen molar-refractivity contribution in [2.24, 2.45) is 5.92 Å². The molecule has 104 valence electrons. The molecule has 1 saturated carbocycles. The topological polar surface area (TPSA) is 17.0 Å². The Balaban J connectivity index is 2.14. The molecule has 1 heterocycles. The van der Waals surface area contributed by atoms with E-state index in [1.807, 2.05) is 6.92 Å². The highest BCUT2D eigenvalue weighted by atomic mass is 15.0. The first-order valence-corrected chi connectivity index (χ1v) is 7.14. The second-order valence-electron chi connectivity index (χ2n) is 6.37. The number of hydrogen-bond acceptors (Lipinski definition) is 1. The van der Waals surface area contributed by atoms with Gasteiger partial charge in [-0.2, -0.15) is 0 Å². The number of rotatable bonds is 5. The summed E-state index contributed by atoms with van der Waals surface area (Å²) in [6.45, 7) is 16.9. The van der Waals surface area contributed by atoms with Crippen LogP contribution in [0.1, 0.15) is 51.3 Å². The molecular weight excluding hydrogens is 232 g/mol. The van der Waals surface area contributed by atoms with Crippen LogP contribution >= 0.6 is 0 Å². The fourth-order valence-corrected chi connectivity index (χ4v) is 2.93. The Morgan fingerprint density at radius 3 is 2.42 bits per heavy atom. The van der Waals surface area contributed by atoms with E-state index >= 15 is 0 Å². The summed E-state index contributed by atoms with van der Waals surface area (Å²) in [5.74, 6) is 0.771. The predicted octanol–water partition coefficient (Wildman–Crippen LogP) is 4.43. The van der Waals surface area contributed by atoms with E-state index in [0.717, 1.165) is 17.3 Å². The largest absolute Gasteiger partial charge is 0.380 e. The van der Waals surface area contributed by atoms with Gasteiger partial charge >= 0.3 is 0 Å². The molecule has 1 aromatic rings. The SMILES string of the molecule is C=C(NC(C)(C)C1CCC1)c1ccn(C(=C)C)c1C. The van der Waals surface area contributed by atoms with E-state index in [9.17, 15) is 0 Å². The lowest BCUT2D eigenvalue weighted by Gasteiger charge is -2.42. The molecule has 1 fully saturated rings. The zero-order valence-corrected chi connectivity index (χ0v) is 12.7. The summed E-state index contributed by atoms with van der Waals surface area (Å²) in [6, 6.07) is 2.12. The molecule has 0 radical (unpaired) electrons. The summed E-state index contributed by atoms with van der Waals surface area (Å²) in [5, 5.41) is 3.63. The number of nitrogens with zero attached hydrogens (tertiary/aromatic N) is 1. The highest BCUT2D eigenvalue weighted by molar-refractivity contribution is 5.66. The zero-order chi connectivity index (χ0) is 14.2. The fraction of sp³-hybridized carbons (Fsp3) is 0.529. The van der Waals surface area contributed by atoms with Gasteiger partial charge in [0.15, 0.2) is 0 Å². The maximum atomic E-state index is 4.23. The third-order valence-electron chi connectivity index (χ3n) is 4.48. The van der Waals surface area contributed by atoms with Crippen LogP contribution in [0, 0.1) is 12.8 Å². The molecule has 2 rings (SSSR count). The second kappa shape index (κ2) is 4.92. The van der Waals surface area contributed by atoms with Gasteiger partial charge in [-0.1, -0.05) is 19.6 Å². The number of aromatic nitrogens is 1. The monoisotopic (exact) mass is 258 g/mol. The van der Waals surface area contributed by atoms with Crippen molar-refractivity contribution in [1.82, 2.24) is 9.88 Å². The minimum absolute atomic E-state index is 0.132. The molecule has 2 heteroatoms. The third kappa shape index (κ3) is 2.63. The molecule has 0 amide bonds. The minimum Gasteiger partial charge on any atom is -0.380 e. The van der Waals surface area contributed by atoms with Crippen LogP contribution in [0.25, 0.3) is 11.4 Å². The Morgan fingerprint density at radius 2 is 2.00 bits per heavy atom. The highest BCUT2D eigenvalue weighted by Gasteiger charge is 2.34. The zero-order valence-electron chi connectivity index (χ0n) is 12.7. The summed E-state index contributed by atoms with van der Waals surface area (Å²) in [5.41, 5.74) is 4.58. The van der Waals surface area contributed by atoms with Crippen molar-refractivity contribution < 1.29 is 0 Å². The maximum Gasteiger partial charge on any atom is 0.0363 e. The molecule has 0 saturated heterocycles. The molecular formula is C17H26N2. The Bertz CT molecular complexity index is 501. The van der Waals surface area contributed by atoms with Crippen molar-refractivity contribution in [2.45, 2.75) is 52.5 Å². The van der Waals surface area contributed by atoms with Crippen LogP contribution in [0.5, 0.6) is 0 Å². The third-order valence-corrected chi connectivity index (χ3v) is 4.48. The van der Waals surface area contributed by atoms with Gasteiger partial charge in [-0.15, -0.1) is 0 Å². The van der Waals surface area contributed by atoms with E-state index in [0.29, 0.717) is 0 Å². The van der Waals surface area contributed by atoms with Crippen LogP contribution in [0.3, 0.4) is 0 Å². The van der Waals surface area contributed by atoms with Crippen molar-refractivity contribution >= 4 is 11.4 Å². The van der Waals surface area contributed by atoms with Crippen molar-refractivity contribution in [3.05, 3.63) is 36.7 Å². The molecule has 0 bridgehead atoms. The minimum atomic E-state index is 0.132. The van der Waals surface area contributed by atoms with Gasteiger partial charge in [0, 0.05) is 34.4 Å². The van der Waals surface area contributed by atoms with Gasteiger partial charge in [-0.05, 0) is 52.5 Å². The average Bonchev–Trinajstić information content (AvgIpc) is 2.55. The molecule has 19 heavy (non-hydrogen) atoms. The molecule has 0 aromatic carbocycles. The summed E-state index contributed by atoms with van der Waals surface area (Å²) < 4.78 is 2.11. The van der Waals surface area contributed by atoms with Gasteiger partial charge in [-0.3, -0.25) is 0 Å². The standard InChI is InChI=1S/C17H26N2/c1-12(2)19-11-10-16(14(19)4)13(3)18-17(5,6)15-8-7-9-15/h10-11,15,18H,1,3,7-9H2,2,4-6H3. The lowest BCUT2D eigenvalue weighted by molar-refractivity contribution is 0.177. The second-order valence-corrected chi connectivity index (χ2v) is 6.37. The van der Waals surface area contributed by atoms with E-state index < -0.39 is 0 Å². The molecule has 0 unspecified atom stereocenters. The molecule has 1 aliphatic carbocycles. The van der Waals surface area contributed by atoms with Crippen molar-refractivity contribution in [3.63, 3.8) is 0 Å². The van der Waals surface area contributed by atoms with E-state index in [4.69, 9.17) is 0 Å². The Morgan fingerprint density at radius 1 is 1.37 bits per heavy atom. The lowest BCUT2D eigenvalue weighted by atomic mass is 9.72. The highest BCUT2D eigenvalue weighted by Crippen LogP contribution is 2.37. The first kappa shape index (κ1) is 14.0. The van der Waals surface area contributed by atoms with Gasteiger partial charge in [0.1, 0.15) is 0 Å². The lowest BCUT2D eigenvalue weighted by Crippen LogP contribution is -2.47. The van der Waals surface area contributed by atoms with Crippen LogP contribution in [0.15, 0.2) is 25.4 Å². The smallest absolute Gasteiger partial charge is 0.0363 e. The average molecular weight is 258 g/mol. The van der Waals surface area contributed by atoms with Crippen molar-refractivity contribution in [2.75, 3.05) is 0 Å². The van der Waals surface area contributed by atoms with Gasteiger partial charge in [-0.25, -0.2) is 0 Å². The molecule has 1 N–H and O–H groups in total. The summed E-state index contributed by atoms with van der Waals surface area (Å²) in [7, 11) is 0. The van der Waals surface area contributed by atoms with Gasteiger partial charge < -0.3 is 9.88 Å². The Hall–Kier alpha value is -1.44. The van der Waals surface area contributed by atoms with Crippen LogP contribution < -0.4 is 5.32 Å². The summed E-state index contributed by atoms with van der Waals surface area (Å²) in [4.78, 5) is 0. The van der Waals surface area contributed by atoms with E-state index in [-0.39, 0.29) is 5.54 Å². The molecule has 1 aromatic heterocycles. The van der Waals surface area contributed by atoms with E-state index in [2.05, 4.69) is 56.1 Å². The van der Waals surface area contributed by atoms with Crippen LogP contribution in [-0.4, -0.2) is 10.1 Å². The molecule has 2 nitrogen and oxygen atoms in total. The first-order chi connectivity index (χ1) is 8.83. The molecule has 1 aliphatic rings. The number of allylic oxidation sites excluding steroid dienone is 1. The Labute approximate surface area is 117 Å². The molecule has 0 spiro atoms. The molecule has 0 aliphatic heterocycles. The molecule has 0 atom stereocenters.